The first kappa shape index (κ1) is 35.6. The van der Waals surface area contributed by atoms with Crippen molar-refractivity contribution in [2.75, 3.05) is 84.0 Å². The number of hydrogen-bond acceptors (Lipinski definition) is 10. The Morgan fingerprint density at radius 3 is 1.68 bits per heavy atom. The van der Waals surface area contributed by atoms with E-state index in [1.807, 2.05) is 6.07 Å². The number of anilines is 5. The molecule has 3 aliphatic rings. The van der Waals surface area contributed by atoms with Crippen LogP contribution in [0.1, 0.15) is 48.2 Å². The van der Waals surface area contributed by atoms with E-state index in [0.717, 1.165) is 80.1 Å². The molecule has 11 heteroatoms. The molecule has 0 spiro atoms. The first-order chi connectivity index (χ1) is 27.4. The molecule has 0 saturated carbocycles. The molecule has 0 radical (unpaired) electrons. The van der Waals surface area contributed by atoms with Crippen LogP contribution in [-0.4, -0.2) is 91.4 Å². The summed E-state index contributed by atoms with van der Waals surface area (Å²) in [5.41, 5.74) is 7.94. The molecule has 9 rings (SSSR count). The van der Waals surface area contributed by atoms with E-state index in [0.29, 0.717) is 30.2 Å². The number of ether oxygens (including phenoxy) is 1. The number of hydrogen-bond donors (Lipinski definition) is 1. The number of carbonyl (C=O) groups is 1. The third kappa shape index (κ3) is 6.75. The number of para-hydroxylation sites is 3. The van der Waals surface area contributed by atoms with Crippen molar-refractivity contribution in [3.63, 3.8) is 0 Å². The van der Waals surface area contributed by atoms with E-state index < -0.39 is 6.04 Å². The summed E-state index contributed by atoms with van der Waals surface area (Å²) in [4.78, 5) is 45.1. The predicted molar refractivity (Wildman–Crippen MR) is 224 cm³/mol. The lowest BCUT2D eigenvalue weighted by atomic mass is 9.87. The van der Waals surface area contributed by atoms with Gasteiger partial charge < -0.3 is 34.2 Å². The van der Waals surface area contributed by atoms with Crippen LogP contribution >= 0.6 is 0 Å². The van der Waals surface area contributed by atoms with E-state index in [1.54, 1.807) is 0 Å². The zero-order valence-electron chi connectivity index (χ0n) is 32.4. The second kappa shape index (κ2) is 15.2. The van der Waals surface area contributed by atoms with Gasteiger partial charge in [-0.25, -0.2) is 4.79 Å². The Hall–Kier alpha value is -6.10. The number of benzene rings is 4. The zero-order valence-corrected chi connectivity index (χ0v) is 32.4. The number of H-pyrrole nitrogens is 1. The normalized spacial score (nSPS) is 18.8. The first-order valence-electron chi connectivity index (χ1n) is 19.9. The topological polar surface area (TPSA) is 97.0 Å². The van der Waals surface area contributed by atoms with Crippen LogP contribution in [0.15, 0.2) is 109 Å². The van der Waals surface area contributed by atoms with Crippen molar-refractivity contribution < 1.29 is 9.53 Å². The molecule has 5 heterocycles. The van der Waals surface area contributed by atoms with Gasteiger partial charge in [0.25, 0.3) is 0 Å². The maximum atomic E-state index is 14.1. The van der Waals surface area contributed by atoms with Crippen molar-refractivity contribution in [1.29, 1.82) is 0 Å². The number of aromatic nitrogens is 4. The average molecular weight is 748 g/mol. The van der Waals surface area contributed by atoms with E-state index in [4.69, 9.17) is 19.7 Å². The Morgan fingerprint density at radius 2 is 1.14 bits per heavy atom. The molecule has 0 aliphatic carbocycles. The molecule has 3 aliphatic heterocycles. The molecule has 56 heavy (non-hydrogen) atoms. The molecule has 6 aromatic rings. The summed E-state index contributed by atoms with van der Waals surface area (Å²) in [6.07, 6.45) is 0.453. The number of nitrogens with one attached hydrogen (secondary N) is 1. The van der Waals surface area contributed by atoms with Crippen molar-refractivity contribution in [3.05, 3.63) is 132 Å². The van der Waals surface area contributed by atoms with Crippen LogP contribution in [0.25, 0.3) is 10.9 Å². The quantitative estimate of drug-likeness (QED) is 0.167. The van der Waals surface area contributed by atoms with Crippen molar-refractivity contribution in [2.24, 2.45) is 0 Å². The van der Waals surface area contributed by atoms with Crippen molar-refractivity contribution in [3.8, 4) is 0 Å². The summed E-state index contributed by atoms with van der Waals surface area (Å²) in [6.45, 7) is 10.8. The summed E-state index contributed by atoms with van der Waals surface area (Å²) in [6, 6.07) is 37.2. The molecule has 2 atom stereocenters. The minimum atomic E-state index is -0.672. The highest BCUT2D eigenvalue weighted by atomic mass is 16.5. The fourth-order valence-electron chi connectivity index (χ4n) is 8.61. The Kier molecular flexibility index (Phi) is 9.66. The molecular formula is C45H49N9O2. The lowest BCUT2D eigenvalue weighted by Crippen LogP contribution is -2.51. The van der Waals surface area contributed by atoms with Crippen LogP contribution in [0.3, 0.4) is 0 Å². The van der Waals surface area contributed by atoms with Gasteiger partial charge in [-0.3, -0.25) is 0 Å². The molecule has 0 unspecified atom stereocenters. The molecular weight excluding hydrogens is 699 g/mol. The maximum Gasteiger partial charge on any atom is 0.328 e. The van der Waals surface area contributed by atoms with Crippen LogP contribution in [0.4, 0.5) is 29.2 Å². The van der Waals surface area contributed by atoms with E-state index in [1.165, 1.54) is 24.0 Å². The Bertz CT molecular complexity index is 2200. The highest BCUT2D eigenvalue weighted by molar-refractivity contribution is 5.89. The van der Waals surface area contributed by atoms with E-state index in [9.17, 15) is 4.79 Å². The SMILES string of the molecule is COC(=O)[C@@H]1Cc2c([nH]c3ccccc23)[C@H](c2ccc(C(C)C)cc2)N1c1nc(N2CCN(c3ccccc3)CC2)nc(N2CCN(c3ccccc3)CC2)n1. The van der Waals surface area contributed by atoms with Crippen LogP contribution in [0.5, 0.6) is 0 Å². The highest BCUT2D eigenvalue weighted by Crippen LogP contribution is 2.43. The fraction of sp³-hybridized carbons (Fsp3) is 0.333. The van der Waals surface area contributed by atoms with Gasteiger partial charge >= 0.3 is 5.97 Å². The van der Waals surface area contributed by atoms with Gasteiger partial charge in [-0.05, 0) is 52.9 Å². The fourth-order valence-corrected chi connectivity index (χ4v) is 8.61. The van der Waals surface area contributed by atoms with Crippen molar-refractivity contribution in [2.45, 2.75) is 38.3 Å². The largest absolute Gasteiger partial charge is 0.467 e. The standard InChI is InChI=1S/C45H49N9O2/c1-31(2)32-18-20-33(21-19-32)41-40-37(36-16-10-11-17-38(36)46-40)30-39(42(55)56-3)54(41)45-48-43(52-26-22-50(23-27-52)34-12-6-4-7-13-34)47-44(49-45)53-28-24-51(25-29-53)35-14-8-5-9-15-35/h4-21,31,39,41,46H,22-30H2,1-3H3/t39-,41-/m0/s1. The van der Waals surface area contributed by atoms with Gasteiger partial charge in [-0.2, -0.15) is 15.0 Å². The number of nitrogens with zero attached hydrogens (tertiary/aromatic N) is 8. The predicted octanol–water partition coefficient (Wildman–Crippen LogP) is 6.82. The number of methoxy groups -OCH3 is 1. The van der Waals surface area contributed by atoms with Gasteiger partial charge in [0.15, 0.2) is 0 Å². The molecule has 0 amide bonds. The molecule has 4 aromatic carbocycles. The molecule has 286 valence electrons. The van der Waals surface area contributed by atoms with E-state index in [-0.39, 0.29) is 12.0 Å². The lowest BCUT2D eigenvalue weighted by molar-refractivity contribution is -0.142. The zero-order chi connectivity index (χ0) is 38.2. The third-order valence-corrected chi connectivity index (χ3v) is 11.7. The van der Waals surface area contributed by atoms with Crippen molar-refractivity contribution >= 4 is 46.1 Å². The Morgan fingerprint density at radius 1 is 0.643 bits per heavy atom. The van der Waals surface area contributed by atoms with Gasteiger partial charge in [0, 0.05) is 86.8 Å². The minimum Gasteiger partial charge on any atom is -0.467 e. The second-order valence-electron chi connectivity index (χ2n) is 15.3. The van der Waals surface area contributed by atoms with Crippen LogP contribution in [0.2, 0.25) is 0 Å². The van der Waals surface area contributed by atoms with Crippen LogP contribution in [0, 0.1) is 0 Å². The summed E-state index contributed by atoms with van der Waals surface area (Å²) >= 11 is 0. The molecule has 2 saturated heterocycles. The van der Waals surface area contributed by atoms with Gasteiger partial charge in [0.1, 0.15) is 6.04 Å². The number of piperazine rings is 2. The molecule has 0 bridgehead atoms. The Labute approximate surface area is 328 Å². The first-order valence-corrected chi connectivity index (χ1v) is 19.9. The van der Waals surface area contributed by atoms with Crippen LogP contribution < -0.4 is 24.5 Å². The number of aromatic amines is 1. The van der Waals surface area contributed by atoms with E-state index >= 15 is 0 Å². The van der Waals surface area contributed by atoms with Crippen LogP contribution in [-0.2, 0) is 16.0 Å². The van der Waals surface area contributed by atoms with Gasteiger partial charge in [-0.1, -0.05) is 92.7 Å². The highest BCUT2D eigenvalue weighted by Gasteiger charge is 2.44. The third-order valence-electron chi connectivity index (χ3n) is 11.7. The van der Waals surface area contributed by atoms with E-state index in [2.05, 4.69) is 146 Å². The molecule has 2 aromatic heterocycles. The number of esters is 1. The number of fused-ring (bicyclic) bond motifs is 3. The molecule has 1 N–H and O–H groups in total. The summed E-state index contributed by atoms with van der Waals surface area (Å²) in [7, 11) is 1.47. The molecule has 11 nitrogen and oxygen atoms in total. The van der Waals surface area contributed by atoms with Gasteiger partial charge in [-0.15, -0.1) is 0 Å². The van der Waals surface area contributed by atoms with Gasteiger partial charge in [0.05, 0.1) is 13.2 Å². The Balaban J connectivity index is 1.15. The lowest BCUT2D eigenvalue weighted by Gasteiger charge is -2.42. The second-order valence-corrected chi connectivity index (χ2v) is 15.3. The minimum absolute atomic E-state index is 0.318. The number of rotatable bonds is 8. The van der Waals surface area contributed by atoms with Crippen molar-refractivity contribution in [1.82, 2.24) is 19.9 Å². The monoisotopic (exact) mass is 747 g/mol. The summed E-state index contributed by atoms with van der Waals surface area (Å²) < 4.78 is 5.59. The molecule has 2 fully saturated rings. The summed E-state index contributed by atoms with van der Waals surface area (Å²) in [5.74, 6) is 1.79. The smallest absolute Gasteiger partial charge is 0.328 e. The van der Waals surface area contributed by atoms with Gasteiger partial charge in [0.2, 0.25) is 17.8 Å². The average Bonchev–Trinajstić information content (AvgIpc) is 3.64. The summed E-state index contributed by atoms with van der Waals surface area (Å²) in [5, 5.41) is 1.12. The maximum absolute atomic E-state index is 14.1. The number of carbonyl (C=O) groups excluding carboxylic acids is 1.